The Morgan fingerprint density at radius 2 is 1.04 bits per heavy atom. The molecule has 2 aromatic heterocycles. The Hall–Kier alpha value is -6.78. The van der Waals surface area contributed by atoms with E-state index < -0.39 is 0 Å². The van der Waals surface area contributed by atoms with Crippen molar-refractivity contribution in [2.75, 3.05) is 4.90 Å². The number of rotatable bonds is 5. The molecular formula is C48H34N4. The van der Waals surface area contributed by atoms with Crippen molar-refractivity contribution in [3.63, 3.8) is 0 Å². The molecule has 0 N–H and O–H groups in total. The number of para-hydroxylation sites is 3. The molecule has 2 heterocycles. The lowest BCUT2D eigenvalue weighted by atomic mass is 9.97. The number of aryl methyl sites for hydroxylation is 2. The summed E-state index contributed by atoms with van der Waals surface area (Å²) in [6.45, 7) is 4.27. The predicted octanol–water partition coefficient (Wildman–Crippen LogP) is 12.8. The zero-order valence-electron chi connectivity index (χ0n) is 29.0. The van der Waals surface area contributed by atoms with Crippen LogP contribution in [-0.2, 0) is 0 Å². The first-order valence-electron chi connectivity index (χ1n) is 17.7. The molecule has 0 radical (unpaired) electrons. The van der Waals surface area contributed by atoms with Crippen molar-refractivity contribution in [1.82, 2.24) is 14.5 Å². The zero-order chi connectivity index (χ0) is 34.8. The summed E-state index contributed by atoms with van der Waals surface area (Å²) in [5, 5.41) is 7.14. The average Bonchev–Trinajstić information content (AvgIpc) is 3.53. The van der Waals surface area contributed by atoms with Gasteiger partial charge in [-0.05, 0) is 97.4 Å². The first-order chi connectivity index (χ1) is 25.6. The molecule has 4 heteroatoms. The first kappa shape index (κ1) is 30.1. The smallest absolute Gasteiger partial charge is 0.0979 e. The van der Waals surface area contributed by atoms with Gasteiger partial charge in [0.1, 0.15) is 0 Å². The van der Waals surface area contributed by atoms with Crippen LogP contribution >= 0.6 is 0 Å². The van der Waals surface area contributed by atoms with Crippen LogP contribution in [-0.4, -0.2) is 14.5 Å². The van der Waals surface area contributed by atoms with Gasteiger partial charge in [0.05, 0.1) is 34.0 Å². The SMILES string of the molecule is Cc1ccc2c3ccc(C)cc3c3nc(-c4ccc(N(c5ccccc5)c5ccc6c(c5)c5ccccc5n6-c5ccccc5)cc4)cnc3c2c1. The molecule has 246 valence electrons. The Morgan fingerprint density at radius 3 is 1.77 bits per heavy atom. The number of anilines is 3. The highest BCUT2D eigenvalue weighted by Gasteiger charge is 2.18. The largest absolute Gasteiger partial charge is 0.310 e. The molecule has 52 heavy (non-hydrogen) atoms. The molecule has 0 saturated heterocycles. The van der Waals surface area contributed by atoms with Crippen LogP contribution in [0.1, 0.15) is 11.1 Å². The van der Waals surface area contributed by atoms with Crippen molar-refractivity contribution in [2.24, 2.45) is 0 Å². The molecule has 0 amide bonds. The van der Waals surface area contributed by atoms with E-state index in [4.69, 9.17) is 9.97 Å². The molecule has 0 aliphatic carbocycles. The standard InChI is InChI=1S/C48H34N4/c1-31-17-24-38-39-25-18-32(2)28-43(39)48-47(42(38)27-31)49-30-44(50-48)33-19-21-36(22-20-33)51(34-11-5-3-6-12-34)37-23-26-46-41(29-37)40-15-9-10-16-45(40)52(46)35-13-7-4-8-14-35/h3-30H,1-2H3. The Balaban J connectivity index is 1.10. The van der Waals surface area contributed by atoms with E-state index in [0.717, 1.165) is 55.8 Å². The van der Waals surface area contributed by atoms with Crippen LogP contribution in [0.2, 0.25) is 0 Å². The highest BCUT2D eigenvalue weighted by molar-refractivity contribution is 6.23. The molecule has 10 rings (SSSR count). The van der Waals surface area contributed by atoms with Crippen LogP contribution in [0.3, 0.4) is 0 Å². The monoisotopic (exact) mass is 666 g/mol. The summed E-state index contributed by atoms with van der Waals surface area (Å²) in [6.07, 6.45) is 1.92. The lowest BCUT2D eigenvalue weighted by Crippen LogP contribution is -2.09. The molecule has 0 aliphatic heterocycles. The van der Waals surface area contributed by atoms with Gasteiger partial charge in [0.15, 0.2) is 0 Å². The van der Waals surface area contributed by atoms with Crippen LogP contribution in [0.25, 0.3) is 71.3 Å². The summed E-state index contributed by atoms with van der Waals surface area (Å²) in [4.78, 5) is 12.7. The van der Waals surface area contributed by atoms with Crippen LogP contribution in [0.4, 0.5) is 17.1 Å². The van der Waals surface area contributed by atoms with E-state index >= 15 is 0 Å². The van der Waals surface area contributed by atoms with Gasteiger partial charge in [-0.15, -0.1) is 0 Å². The maximum atomic E-state index is 5.30. The summed E-state index contributed by atoms with van der Waals surface area (Å²) >= 11 is 0. The topological polar surface area (TPSA) is 34.0 Å². The molecule has 8 aromatic carbocycles. The fourth-order valence-corrected chi connectivity index (χ4v) is 7.85. The molecule has 0 saturated carbocycles. The maximum Gasteiger partial charge on any atom is 0.0979 e. The fourth-order valence-electron chi connectivity index (χ4n) is 7.85. The van der Waals surface area contributed by atoms with Gasteiger partial charge in [-0.25, -0.2) is 4.98 Å². The van der Waals surface area contributed by atoms with Gasteiger partial charge in [-0.3, -0.25) is 4.98 Å². The number of hydrogen-bond donors (Lipinski definition) is 0. The number of hydrogen-bond acceptors (Lipinski definition) is 3. The third kappa shape index (κ3) is 4.84. The zero-order valence-corrected chi connectivity index (χ0v) is 29.0. The second kappa shape index (κ2) is 11.9. The number of nitrogens with zero attached hydrogens (tertiary/aromatic N) is 4. The highest BCUT2D eigenvalue weighted by atomic mass is 15.1. The van der Waals surface area contributed by atoms with E-state index in [2.05, 4.69) is 187 Å². The minimum absolute atomic E-state index is 0.857. The maximum absolute atomic E-state index is 5.30. The molecule has 4 nitrogen and oxygen atoms in total. The van der Waals surface area contributed by atoms with Crippen LogP contribution in [0.15, 0.2) is 170 Å². The van der Waals surface area contributed by atoms with Crippen LogP contribution in [0.5, 0.6) is 0 Å². The molecule has 0 aliphatic rings. The van der Waals surface area contributed by atoms with Gasteiger partial charge in [-0.1, -0.05) is 102 Å². The minimum atomic E-state index is 0.857. The first-order valence-corrected chi connectivity index (χ1v) is 17.7. The van der Waals surface area contributed by atoms with E-state index in [1.165, 1.54) is 43.7 Å². The van der Waals surface area contributed by atoms with E-state index in [1.807, 2.05) is 6.20 Å². The molecule has 0 fully saturated rings. The summed E-state index contributed by atoms with van der Waals surface area (Å²) in [6, 6.07) is 58.7. The second-order valence-corrected chi connectivity index (χ2v) is 13.7. The third-order valence-corrected chi connectivity index (χ3v) is 10.3. The van der Waals surface area contributed by atoms with Crippen molar-refractivity contribution in [3.05, 3.63) is 181 Å². The summed E-state index contributed by atoms with van der Waals surface area (Å²) in [5.41, 5.74) is 13.0. The van der Waals surface area contributed by atoms with Gasteiger partial charge in [0, 0.05) is 49.9 Å². The summed E-state index contributed by atoms with van der Waals surface area (Å²) < 4.78 is 2.36. The Morgan fingerprint density at radius 1 is 0.442 bits per heavy atom. The van der Waals surface area contributed by atoms with Crippen LogP contribution in [0, 0.1) is 13.8 Å². The lowest BCUT2D eigenvalue weighted by molar-refractivity contribution is 1.18. The highest BCUT2D eigenvalue weighted by Crippen LogP contribution is 2.41. The third-order valence-electron chi connectivity index (χ3n) is 10.3. The molecular weight excluding hydrogens is 633 g/mol. The van der Waals surface area contributed by atoms with Crippen LogP contribution < -0.4 is 4.90 Å². The predicted molar refractivity (Wildman–Crippen MR) is 218 cm³/mol. The normalized spacial score (nSPS) is 11.7. The van der Waals surface area contributed by atoms with Gasteiger partial charge in [0.25, 0.3) is 0 Å². The van der Waals surface area contributed by atoms with E-state index in [1.54, 1.807) is 0 Å². The molecule has 10 aromatic rings. The minimum Gasteiger partial charge on any atom is -0.310 e. The van der Waals surface area contributed by atoms with Gasteiger partial charge in [0.2, 0.25) is 0 Å². The molecule has 0 atom stereocenters. The quantitative estimate of drug-likeness (QED) is 0.171. The molecule has 0 spiro atoms. The van der Waals surface area contributed by atoms with Gasteiger partial charge in [-0.2, -0.15) is 0 Å². The van der Waals surface area contributed by atoms with Crippen molar-refractivity contribution >= 4 is 71.4 Å². The van der Waals surface area contributed by atoms with Crippen molar-refractivity contribution < 1.29 is 0 Å². The van der Waals surface area contributed by atoms with Crippen molar-refractivity contribution in [3.8, 4) is 16.9 Å². The number of aromatic nitrogens is 3. The Labute approximate surface area is 301 Å². The van der Waals surface area contributed by atoms with Gasteiger partial charge >= 0.3 is 0 Å². The van der Waals surface area contributed by atoms with Crippen molar-refractivity contribution in [2.45, 2.75) is 13.8 Å². The summed E-state index contributed by atoms with van der Waals surface area (Å²) in [7, 11) is 0. The van der Waals surface area contributed by atoms with Gasteiger partial charge < -0.3 is 9.47 Å². The molecule has 0 bridgehead atoms. The lowest BCUT2D eigenvalue weighted by Gasteiger charge is -2.26. The van der Waals surface area contributed by atoms with Crippen molar-refractivity contribution in [1.29, 1.82) is 0 Å². The van der Waals surface area contributed by atoms with E-state index in [0.29, 0.717) is 0 Å². The van der Waals surface area contributed by atoms with E-state index in [-0.39, 0.29) is 0 Å². The summed E-state index contributed by atoms with van der Waals surface area (Å²) in [5.74, 6) is 0. The average molecular weight is 667 g/mol. The Bertz CT molecular complexity index is 2960. The van der Waals surface area contributed by atoms with E-state index in [9.17, 15) is 0 Å². The number of benzene rings is 8. The second-order valence-electron chi connectivity index (χ2n) is 13.7. The number of fused-ring (bicyclic) bond motifs is 9. The fraction of sp³-hybridized carbons (Fsp3) is 0.0417. The Kier molecular flexibility index (Phi) is 6.90. The molecule has 0 unspecified atom stereocenters.